The lowest BCUT2D eigenvalue weighted by Gasteiger charge is -2.20. The Morgan fingerprint density at radius 2 is 1.75 bits per heavy atom. The maximum atomic E-state index is 12.0. The van der Waals surface area contributed by atoms with Gasteiger partial charge in [0.1, 0.15) is 5.75 Å². The molecule has 28 heavy (non-hydrogen) atoms. The first-order valence-corrected chi connectivity index (χ1v) is 9.97. The largest absolute Gasteiger partial charge is 0.508 e. The molecule has 0 amide bonds. The molecule has 2 aromatic rings. The van der Waals surface area contributed by atoms with Crippen LogP contribution < -0.4 is 5.32 Å². The Labute approximate surface area is 167 Å². The summed E-state index contributed by atoms with van der Waals surface area (Å²) in [4.78, 5) is 12.0. The van der Waals surface area contributed by atoms with Crippen molar-refractivity contribution in [1.29, 1.82) is 0 Å². The Balaban J connectivity index is 1.75. The van der Waals surface area contributed by atoms with Crippen LogP contribution in [0.2, 0.25) is 0 Å². The van der Waals surface area contributed by atoms with E-state index in [2.05, 4.69) is 12.2 Å². The first-order chi connectivity index (χ1) is 13.5. The normalized spacial score (nSPS) is 13.1. The van der Waals surface area contributed by atoms with Gasteiger partial charge in [-0.1, -0.05) is 44.0 Å². The third-order valence-electron chi connectivity index (χ3n) is 4.76. The van der Waals surface area contributed by atoms with Crippen molar-refractivity contribution in [3.8, 4) is 5.75 Å². The predicted molar refractivity (Wildman–Crippen MR) is 110 cm³/mol. The topological polar surface area (TPSA) is 78.8 Å². The van der Waals surface area contributed by atoms with Crippen molar-refractivity contribution in [2.75, 3.05) is 13.2 Å². The van der Waals surface area contributed by atoms with Crippen LogP contribution in [0.1, 0.15) is 60.7 Å². The number of aromatic hydroxyl groups is 1. The highest BCUT2D eigenvalue weighted by atomic mass is 16.5. The molecule has 152 valence electrons. The predicted octanol–water partition coefficient (Wildman–Crippen LogP) is 3.99. The molecule has 0 aromatic heterocycles. The highest BCUT2D eigenvalue weighted by Gasteiger charge is 2.15. The summed E-state index contributed by atoms with van der Waals surface area (Å²) in [5, 5.41) is 23.0. The molecule has 0 aliphatic heterocycles. The van der Waals surface area contributed by atoms with Crippen LogP contribution in [0.25, 0.3) is 0 Å². The van der Waals surface area contributed by atoms with Gasteiger partial charge in [-0.25, -0.2) is 4.79 Å². The quantitative estimate of drug-likeness (QED) is 0.403. The van der Waals surface area contributed by atoms with Crippen molar-refractivity contribution in [3.63, 3.8) is 0 Å². The van der Waals surface area contributed by atoms with Gasteiger partial charge in [0.2, 0.25) is 0 Å². The number of benzene rings is 2. The number of ether oxygens (including phenoxy) is 1. The second-order valence-electron chi connectivity index (χ2n) is 7.07. The molecule has 2 unspecified atom stereocenters. The Bertz CT molecular complexity index is 712. The van der Waals surface area contributed by atoms with Crippen molar-refractivity contribution in [2.45, 2.75) is 51.7 Å². The van der Waals surface area contributed by atoms with E-state index in [0.29, 0.717) is 18.7 Å². The first kappa shape index (κ1) is 21.9. The minimum atomic E-state index is -0.648. The fraction of sp³-hybridized carbons (Fsp3) is 0.435. The van der Waals surface area contributed by atoms with E-state index in [1.165, 1.54) is 0 Å². The smallest absolute Gasteiger partial charge is 0.338 e. The van der Waals surface area contributed by atoms with Gasteiger partial charge in [0.05, 0.1) is 18.3 Å². The van der Waals surface area contributed by atoms with Gasteiger partial charge in [0.15, 0.2) is 0 Å². The van der Waals surface area contributed by atoms with E-state index in [4.69, 9.17) is 4.74 Å². The van der Waals surface area contributed by atoms with Crippen LogP contribution in [-0.4, -0.2) is 35.4 Å². The van der Waals surface area contributed by atoms with Crippen LogP contribution in [0.4, 0.5) is 0 Å². The number of rotatable bonds is 11. The van der Waals surface area contributed by atoms with Gasteiger partial charge >= 0.3 is 5.97 Å². The molecular formula is C23H31NO4. The van der Waals surface area contributed by atoms with E-state index in [-0.39, 0.29) is 17.8 Å². The highest BCUT2D eigenvalue weighted by molar-refractivity contribution is 5.89. The van der Waals surface area contributed by atoms with Crippen molar-refractivity contribution in [1.82, 2.24) is 5.32 Å². The number of unbranched alkanes of at least 4 members (excludes halogenated alkanes) is 2. The van der Waals surface area contributed by atoms with Gasteiger partial charge in [-0.15, -0.1) is 0 Å². The van der Waals surface area contributed by atoms with E-state index in [1.807, 2.05) is 19.1 Å². The second-order valence-corrected chi connectivity index (χ2v) is 7.07. The summed E-state index contributed by atoms with van der Waals surface area (Å²) in [7, 11) is 0. The Morgan fingerprint density at radius 1 is 1.07 bits per heavy atom. The summed E-state index contributed by atoms with van der Waals surface area (Å²) in [5.41, 5.74) is 2.45. The number of hydrogen-bond acceptors (Lipinski definition) is 5. The Kier molecular flexibility index (Phi) is 8.98. The summed E-state index contributed by atoms with van der Waals surface area (Å²) >= 11 is 0. The van der Waals surface area contributed by atoms with Crippen LogP contribution in [0.3, 0.4) is 0 Å². The lowest BCUT2D eigenvalue weighted by atomic mass is 10.0. The van der Waals surface area contributed by atoms with Crippen molar-refractivity contribution >= 4 is 5.97 Å². The molecule has 0 spiro atoms. The number of carbonyl (C=O) groups excluding carboxylic acids is 1. The molecule has 2 atom stereocenters. The average Bonchev–Trinajstić information content (AvgIpc) is 2.71. The molecule has 5 heteroatoms. The van der Waals surface area contributed by atoms with E-state index in [0.717, 1.165) is 36.8 Å². The van der Waals surface area contributed by atoms with E-state index in [1.54, 1.807) is 36.4 Å². The molecule has 5 nitrogen and oxygen atoms in total. The molecule has 0 heterocycles. The number of aliphatic hydroxyl groups is 1. The molecule has 0 saturated carbocycles. The maximum absolute atomic E-state index is 12.0. The number of phenolic OH excluding ortho intramolecular Hbond substituents is 1. The second kappa shape index (κ2) is 11.5. The van der Waals surface area contributed by atoms with Gasteiger partial charge in [-0.3, -0.25) is 0 Å². The van der Waals surface area contributed by atoms with Crippen LogP contribution in [0.15, 0.2) is 48.5 Å². The van der Waals surface area contributed by atoms with Crippen molar-refractivity contribution in [3.05, 3.63) is 65.2 Å². The molecule has 0 saturated heterocycles. The van der Waals surface area contributed by atoms with E-state index >= 15 is 0 Å². The van der Waals surface area contributed by atoms with Crippen molar-refractivity contribution in [2.24, 2.45) is 0 Å². The number of nitrogens with one attached hydrogen (secondary N) is 1. The number of carbonyl (C=O) groups is 1. The lowest BCUT2D eigenvalue weighted by molar-refractivity contribution is 0.0498. The van der Waals surface area contributed by atoms with Gasteiger partial charge in [-0.2, -0.15) is 0 Å². The molecule has 0 aliphatic carbocycles. The zero-order chi connectivity index (χ0) is 20.4. The molecule has 0 radical (unpaired) electrons. The van der Waals surface area contributed by atoms with Gasteiger partial charge in [0, 0.05) is 6.04 Å². The van der Waals surface area contributed by atoms with Gasteiger partial charge in [0.25, 0.3) is 0 Å². The third kappa shape index (κ3) is 6.98. The van der Waals surface area contributed by atoms with Crippen molar-refractivity contribution < 1.29 is 19.7 Å². The first-order valence-electron chi connectivity index (χ1n) is 9.97. The molecule has 0 fully saturated rings. The SMILES string of the molecule is CCCCCOC(=O)c1ccc(CCNC(C)C(O)c2ccc(O)cc2)cc1. The van der Waals surface area contributed by atoms with Crippen LogP contribution >= 0.6 is 0 Å². The fourth-order valence-electron chi connectivity index (χ4n) is 2.92. The monoisotopic (exact) mass is 385 g/mol. The Morgan fingerprint density at radius 3 is 2.39 bits per heavy atom. The molecule has 2 aromatic carbocycles. The lowest BCUT2D eigenvalue weighted by Crippen LogP contribution is -2.33. The molecule has 2 rings (SSSR count). The average molecular weight is 386 g/mol. The number of esters is 1. The minimum absolute atomic E-state index is 0.123. The molecule has 0 aliphatic rings. The van der Waals surface area contributed by atoms with Gasteiger partial charge < -0.3 is 20.3 Å². The molecule has 0 bridgehead atoms. The summed E-state index contributed by atoms with van der Waals surface area (Å²) in [6, 6.07) is 13.9. The molecular weight excluding hydrogens is 354 g/mol. The van der Waals surface area contributed by atoms with Crippen LogP contribution in [-0.2, 0) is 11.2 Å². The number of phenols is 1. The van der Waals surface area contributed by atoms with E-state index in [9.17, 15) is 15.0 Å². The maximum Gasteiger partial charge on any atom is 0.338 e. The number of aliphatic hydroxyl groups excluding tert-OH is 1. The number of hydrogen-bond donors (Lipinski definition) is 3. The standard InChI is InChI=1S/C23H31NO4/c1-3-4-5-16-28-23(27)20-8-6-18(7-9-20)14-15-24-17(2)22(26)19-10-12-21(25)13-11-19/h6-13,17,22,24-26H,3-5,14-16H2,1-2H3. The molecule has 3 N–H and O–H groups in total. The fourth-order valence-corrected chi connectivity index (χ4v) is 2.92. The third-order valence-corrected chi connectivity index (χ3v) is 4.76. The summed E-state index contributed by atoms with van der Waals surface area (Å²) in [6.45, 7) is 5.22. The summed E-state index contributed by atoms with van der Waals surface area (Å²) < 4.78 is 5.26. The van der Waals surface area contributed by atoms with Crippen LogP contribution in [0, 0.1) is 0 Å². The van der Waals surface area contributed by atoms with Gasteiger partial charge in [-0.05, 0) is 61.7 Å². The van der Waals surface area contributed by atoms with E-state index < -0.39 is 6.10 Å². The summed E-state index contributed by atoms with van der Waals surface area (Å²) in [5.74, 6) is -0.0868. The summed E-state index contributed by atoms with van der Waals surface area (Å²) in [6.07, 6.45) is 3.22. The zero-order valence-corrected chi connectivity index (χ0v) is 16.7. The highest BCUT2D eigenvalue weighted by Crippen LogP contribution is 2.19. The minimum Gasteiger partial charge on any atom is -0.508 e. The zero-order valence-electron chi connectivity index (χ0n) is 16.7. The van der Waals surface area contributed by atoms with Crippen LogP contribution in [0.5, 0.6) is 5.75 Å². The Hall–Kier alpha value is -2.37.